The zero-order valence-electron chi connectivity index (χ0n) is 19.5. The van der Waals surface area contributed by atoms with Gasteiger partial charge in [-0.1, -0.05) is 30.7 Å². The van der Waals surface area contributed by atoms with E-state index in [1.54, 1.807) is 36.4 Å². The Labute approximate surface area is 209 Å². The second-order valence-corrected chi connectivity index (χ2v) is 8.78. The first kappa shape index (κ1) is 24.5. The Morgan fingerprint density at radius 3 is 2.24 bits per heavy atom. The number of hydrogen-bond donors (Lipinski definition) is 1. The minimum atomic E-state index is -4.46. The number of rotatable bonds is 7. The molecule has 0 unspecified atom stereocenters. The van der Waals surface area contributed by atoms with Crippen LogP contribution in [0.4, 0.5) is 23.2 Å². The molecular formula is C27H22F4N4O2. The molecule has 1 aromatic heterocycles. The predicted molar refractivity (Wildman–Crippen MR) is 128 cm³/mol. The Balaban J connectivity index is 1.42. The van der Waals surface area contributed by atoms with Crippen molar-refractivity contribution >= 4 is 11.6 Å². The number of carbonyl (C=O) groups is 1. The third-order valence-corrected chi connectivity index (χ3v) is 6.19. The number of alkyl halides is 3. The lowest BCUT2D eigenvalue weighted by molar-refractivity contribution is -0.137. The minimum Gasteiger partial charge on any atom is -0.457 e. The second kappa shape index (κ2) is 10.0. The van der Waals surface area contributed by atoms with Gasteiger partial charge in [-0.05, 0) is 66.9 Å². The number of aromatic nitrogens is 3. The molecule has 5 rings (SSSR count). The van der Waals surface area contributed by atoms with Crippen molar-refractivity contribution in [1.29, 1.82) is 0 Å². The molecule has 6 nitrogen and oxygen atoms in total. The Kier molecular flexibility index (Phi) is 6.64. The molecule has 0 aliphatic heterocycles. The quantitative estimate of drug-likeness (QED) is 0.292. The fourth-order valence-electron chi connectivity index (χ4n) is 3.86. The van der Waals surface area contributed by atoms with Crippen molar-refractivity contribution < 1.29 is 27.1 Å². The Morgan fingerprint density at radius 1 is 0.973 bits per heavy atom. The summed E-state index contributed by atoms with van der Waals surface area (Å²) in [6, 6.07) is 17.3. The predicted octanol–water partition coefficient (Wildman–Crippen LogP) is 6.41. The summed E-state index contributed by atoms with van der Waals surface area (Å²) in [5.74, 6) is -0.0686. The maximum absolute atomic E-state index is 13.2. The normalized spacial score (nSPS) is 13.7. The Hall–Kier alpha value is -4.21. The van der Waals surface area contributed by atoms with Gasteiger partial charge in [0.15, 0.2) is 5.82 Å². The molecule has 0 atom stereocenters. The van der Waals surface area contributed by atoms with Gasteiger partial charge in [0.2, 0.25) is 5.91 Å². The van der Waals surface area contributed by atoms with E-state index in [2.05, 4.69) is 15.4 Å². The van der Waals surface area contributed by atoms with Gasteiger partial charge in [0.25, 0.3) is 0 Å². The maximum Gasteiger partial charge on any atom is 0.416 e. The first-order valence-corrected chi connectivity index (χ1v) is 11.7. The van der Waals surface area contributed by atoms with Crippen LogP contribution in [0, 0.1) is 11.7 Å². The van der Waals surface area contributed by atoms with E-state index in [0.717, 1.165) is 31.4 Å². The molecule has 0 bridgehead atoms. The van der Waals surface area contributed by atoms with Crippen molar-refractivity contribution in [2.75, 3.05) is 5.32 Å². The molecule has 3 aromatic carbocycles. The van der Waals surface area contributed by atoms with Gasteiger partial charge in [0, 0.05) is 17.2 Å². The average Bonchev–Trinajstić information content (AvgIpc) is 3.27. The summed E-state index contributed by atoms with van der Waals surface area (Å²) in [7, 11) is 0. The lowest BCUT2D eigenvalue weighted by Crippen LogP contribution is -2.27. The van der Waals surface area contributed by atoms with E-state index in [1.165, 1.54) is 28.9 Å². The highest BCUT2D eigenvalue weighted by Gasteiger charge is 2.30. The number of carbonyl (C=O) groups excluding carboxylic acids is 1. The number of nitrogens with zero attached hydrogens (tertiary/aromatic N) is 3. The molecule has 1 aliphatic carbocycles. The third-order valence-electron chi connectivity index (χ3n) is 6.19. The molecule has 0 radical (unpaired) electrons. The highest BCUT2D eigenvalue weighted by molar-refractivity contribution is 5.93. The molecular weight excluding hydrogens is 488 g/mol. The monoisotopic (exact) mass is 510 g/mol. The van der Waals surface area contributed by atoms with Gasteiger partial charge in [-0.2, -0.15) is 18.2 Å². The number of halogens is 4. The summed E-state index contributed by atoms with van der Waals surface area (Å²) in [5, 5.41) is 7.30. The molecule has 190 valence electrons. The molecule has 1 heterocycles. The van der Waals surface area contributed by atoms with Crippen LogP contribution in [-0.2, 0) is 17.6 Å². The zero-order chi connectivity index (χ0) is 26.0. The standard InChI is InChI=1S/C27H22F4N4O2/c28-21-10-4-17(5-11-21)16-37-26-33-24(18-6-8-20(9-7-18)27(29,30)31)35(34-26)23-14-12-22(13-15-23)32-25(36)19-2-1-3-19/h4-15,19H,1-3,16H2,(H,32,36). The third kappa shape index (κ3) is 5.63. The van der Waals surface area contributed by atoms with Crippen LogP contribution >= 0.6 is 0 Å². The fraction of sp³-hybridized carbons (Fsp3) is 0.222. The van der Waals surface area contributed by atoms with Gasteiger partial charge in [-0.3, -0.25) is 4.79 Å². The van der Waals surface area contributed by atoms with E-state index in [4.69, 9.17) is 4.74 Å². The van der Waals surface area contributed by atoms with E-state index < -0.39 is 11.7 Å². The Morgan fingerprint density at radius 2 is 1.65 bits per heavy atom. The highest BCUT2D eigenvalue weighted by Crippen LogP contribution is 2.32. The molecule has 0 spiro atoms. The summed E-state index contributed by atoms with van der Waals surface area (Å²) in [5.41, 5.74) is 1.52. The molecule has 1 aliphatic rings. The average molecular weight is 510 g/mol. The molecule has 10 heteroatoms. The van der Waals surface area contributed by atoms with Crippen LogP contribution in [0.25, 0.3) is 17.1 Å². The molecule has 1 amide bonds. The van der Waals surface area contributed by atoms with Crippen molar-refractivity contribution in [2.45, 2.75) is 32.0 Å². The maximum atomic E-state index is 13.2. The summed E-state index contributed by atoms with van der Waals surface area (Å²) >= 11 is 0. The number of ether oxygens (including phenoxy) is 1. The second-order valence-electron chi connectivity index (χ2n) is 8.78. The first-order valence-electron chi connectivity index (χ1n) is 11.7. The van der Waals surface area contributed by atoms with Crippen molar-refractivity contribution in [1.82, 2.24) is 14.8 Å². The summed E-state index contributed by atoms with van der Waals surface area (Å²) in [4.78, 5) is 16.6. The lowest BCUT2D eigenvalue weighted by Gasteiger charge is -2.24. The first-order chi connectivity index (χ1) is 17.8. The van der Waals surface area contributed by atoms with Crippen molar-refractivity contribution in [3.63, 3.8) is 0 Å². The minimum absolute atomic E-state index is 0.00147. The Bertz CT molecular complexity index is 1380. The molecule has 4 aromatic rings. The van der Waals surface area contributed by atoms with Crippen LogP contribution < -0.4 is 10.1 Å². The van der Waals surface area contributed by atoms with Crippen LogP contribution in [0.1, 0.15) is 30.4 Å². The van der Waals surface area contributed by atoms with Gasteiger partial charge in [-0.25, -0.2) is 9.07 Å². The molecule has 1 fully saturated rings. The number of amides is 1. The van der Waals surface area contributed by atoms with Crippen LogP contribution in [-0.4, -0.2) is 20.7 Å². The van der Waals surface area contributed by atoms with Gasteiger partial charge < -0.3 is 10.1 Å². The smallest absolute Gasteiger partial charge is 0.416 e. The van der Waals surface area contributed by atoms with Crippen molar-refractivity contribution in [3.05, 3.63) is 89.7 Å². The van der Waals surface area contributed by atoms with E-state index in [1.807, 2.05) is 0 Å². The molecule has 1 saturated carbocycles. The van der Waals surface area contributed by atoms with Crippen molar-refractivity contribution in [2.24, 2.45) is 5.92 Å². The molecule has 0 saturated heterocycles. The van der Waals surface area contributed by atoms with Crippen LogP contribution in [0.5, 0.6) is 6.01 Å². The zero-order valence-corrected chi connectivity index (χ0v) is 19.5. The van der Waals surface area contributed by atoms with Gasteiger partial charge in [0.05, 0.1) is 11.3 Å². The van der Waals surface area contributed by atoms with Gasteiger partial charge in [-0.15, -0.1) is 5.10 Å². The summed E-state index contributed by atoms with van der Waals surface area (Å²) < 4.78 is 59.5. The topological polar surface area (TPSA) is 69.0 Å². The number of anilines is 1. The van der Waals surface area contributed by atoms with Crippen LogP contribution in [0.2, 0.25) is 0 Å². The number of benzene rings is 3. The molecule has 37 heavy (non-hydrogen) atoms. The summed E-state index contributed by atoms with van der Waals surface area (Å²) in [6.07, 6.45) is -1.63. The van der Waals surface area contributed by atoms with Crippen LogP contribution in [0.15, 0.2) is 72.8 Å². The SMILES string of the molecule is O=C(Nc1ccc(-n2nc(OCc3ccc(F)cc3)nc2-c2ccc(C(F)(F)F)cc2)cc1)C1CCC1. The van der Waals surface area contributed by atoms with E-state index in [-0.39, 0.29) is 36.1 Å². The van der Waals surface area contributed by atoms with E-state index in [0.29, 0.717) is 22.5 Å². The van der Waals surface area contributed by atoms with Crippen LogP contribution in [0.3, 0.4) is 0 Å². The van der Waals surface area contributed by atoms with Gasteiger partial charge >= 0.3 is 12.2 Å². The van der Waals surface area contributed by atoms with E-state index >= 15 is 0 Å². The summed E-state index contributed by atoms with van der Waals surface area (Å²) in [6.45, 7) is 0.0723. The fourth-order valence-corrected chi connectivity index (χ4v) is 3.86. The highest BCUT2D eigenvalue weighted by atomic mass is 19.4. The van der Waals surface area contributed by atoms with Crippen molar-refractivity contribution in [3.8, 4) is 23.1 Å². The largest absolute Gasteiger partial charge is 0.457 e. The number of nitrogens with one attached hydrogen (secondary N) is 1. The lowest BCUT2D eigenvalue weighted by atomic mass is 9.85. The number of hydrogen-bond acceptors (Lipinski definition) is 4. The molecule has 1 N–H and O–H groups in total. The van der Waals surface area contributed by atoms with Gasteiger partial charge in [0.1, 0.15) is 12.4 Å². The van der Waals surface area contributed by atoms with E-state index in [9.17, 15) is 22.4 Å².